The number of nitrogens with one attached hydrogen (secondary N) is 2. The largest absolute Gasteiger partial charge is 0.465 e. The normalized spacial score (nSPS) is 28.3. The first-order valence-electron chi connectivity index (χ1n) is 21.9. The van der Waals surface area contributed by atoms with Crippen LogP contribution in [-0.2, 0) is 70.2 Å². The summed E-state index contributed by atoms with van der Waals surface area (Å²) in [6.45, 7) is -0.683. The molecule has 3 aromatic rings. The molecule has 0 aliphatic carbocycles. The Balaban J connectivity index is 1.19. The number of benzene rings is 3. The van der Waals surface area contributed by atoms with Crippen molar-refractivity contribution in [3.05, 3.63) is 94.4 Å². The van der Waals surface area contributed by atoms with E-state index in [0.717, 1.165) is 36.1 Å². The average molecular weight is 938 g/mol. The van der Waals surface area contributed by atoms with Gasteiger partial charge in [0.2, 0.25) is 0 Å². The van der Waals surface area contributed by atoms with Gasteiger partial charge in [0.15, 0.2) is 0 Å². The van der Waals surface area contributed by atoms with E-state index in [2.05, 4.69) is 20.7 Å². The van der Waals surface area contributed by atoms with Crippen molar-refractivity contribution in [2.75, 3.05) is 40.6 Å². The molecule has 0 unspecified atom stereocenters. The number of esters is 2. The van der Waals surface area contributed by atoms with Crippen LogP contribution >= 0.6 is 0 Å². The summed E-state index contributed by atoms with van der Waals surface area (Å²) in [5.41, 5.74) is 10.1. The number of alkyl carbamates (subject to hydrolysis) is 2. The lowest BCUT2D eigenvalue weighted by Gasteiger charge is -2.48. The SMILES string of the molecule is COC(=O)[C@@]1(O[C@H](COCc2ccc3ccccc3c2)[C@@H](O)[C@@H]2O[C@@](OCCCCCN=[N+]=[N-])(C(=O)OC)C[C@@H]3OC(=O)N[C@@H]23)C[C@@H]2OC(=O)N[C@H]2[C@H]([C@H](O)[C@H](O)COCc2ccccc2)O1. The number of nitrogens with zero attached hydrogens (tertiary/aromatic N) is 3. The van der Waals surface area contributed by atoms with Crippen LogP contribution in [0.4, 0.5) is 9.59 Å². The van der Waals surface area contributed by atoms with Crippen LogP contribution in [-0.4, -0.2) is 153 Å². The Labute approximate surface area is 384 Å². The van der Waals surface area contributed by atoms with E-state index in [0.29, 0.717) is 19.3 Å². The van der Waals surface area contributed by atoms with Crippen LogP contribution in [0.25, 0.3) is 21.2 Å². The second-order valence-corrected chi connectivity index (χ2v) is 16.6. The van der Waals surface area contributed by atoms with Gasteiger partial charge < -0.3 is 73.3 Å². The molecule has 7 rings (SSSR count). The van der Waals surface area contributed by atoms with Gasteiger partial charge in [0.1, 0.15) is 48.8 Å². The molecule has 4 aliphatic rings. The van der Waals surface area contributed by atoms with Crippen molar-refractivity contribution < 1.29 is 81.9 Å². The number of rotatable bonds is 23. The van der Waals surface area contributed by atoms with E-state index in [1.807, 2.05) is 72.8 Å². The van der Waals surface area contributed by atoms with Crippen LogP contribution in [0.2, 0.25) is 0 Å². The molecule has 4 heterocycles. The third-order valence-electron chi connectivity index (χ3n) is 12.0. The van der Waals surface area contributed by atoms with Crippen molar-refractivity contribution in [1.82, 2.24) is 10.6 Å². The van der Waals surface area contributed by atoms with Crippen LogP contribution in [0.15, 0.2) is 77.9 Å². The van der Waals surface area contributed by atoms with Gasteiger partial charge in [-0.1, -0.05) is 78.3 Å². The van der Waals surface area contributed by atoms with E-state index in [4.69, 9.17) is 52.9 Å². The molecule has 22 nitrogen and oxygen atoms in total. The van der Waals surface area contributed by atoms with E-state index >= 15 is 0 Å². The van der Waals surface area contributed by atoms with Gasteiger partial charge in [-0.3, -0.25) is 0 Å². The molecule has 4 saturated heterocycles. The minimum atomic E-state index is -2.59. The number of hydrogen-bond donors (Lipinski definition) is 5. The quantitative estimate of drug-likeness (QED) is 0.0228. The molecule has 22 heteroatoms. The Bertz CT molecular complexity index is 2240. The van der Waals surface area contributed by atoms with Crippen molar-refractivity contribution in [3.8, 4) is 0 Å². The number of amides is 2. The summed E-state index contributed by atoms with van der Waals surface area (Å²) in [5, 5.41) is 46.1. The highest BCUT2D eigenvalue weighted by atomic mass is 16.8. The maximum absolute atomic E-state index is 14.1. The van der Waals surface area contributed by atoms with Gasteiger partial charge in [-0.05, 0) is 46.3 Å². The fourth-order valence-electron chi connectivity index (χ4n) is 8.71. The van der Waals surface area contributed by atoms with Crippen molar-refractivity contribution in [2.24, 2.45) is 5.11 Å². The topological polar surface area (TPSA) is 294 Å². The molecule has 4 fully saturated rings. The van der Waals surface area contributed by atoms with E-state index in [1.54, 1.807) is 0 Å². The predicted octanol–water partition coefficient (Wildman–Crippen LogP) is 2.81. The summed E-state index contributed by atoms with van der Waals surface area (Å²) in [7, 11) is 2.15. The summed E-state index contributed by atoms with van der Waals surface area (Å²) in [6, 6.07) is 20.2. The number of carbonyl (C=O) groups excluding carboxylic acids is 4. The Morgan fingerprint density at radius 2 is 1.36 bits per heavy atom. The molecule has 0 bridgehead atoms. The van der Waals surface area contributed by atoms with Crippen molar-refractivity contribution in [2.45, 2.75) is 118 Å². The first-order valence-corrected chi connectivity index (χ1v) is 21.9. The number of hydrogen-bond acceptors (Lipinski definition) is 18. The summed E-state index contributed by atoms with van der Waals surface area (Å²) in [5.74, 6) is -7.01. The minimum Gasteiger partial charge on any atom is -0.465 e. The molecule has 0 spiro atoms. The van der Waals surface area contributed by atoms with Crippen LogP contribution in [0, 0.1) is 0 Å². The molecule has 67 heavy (non-hydrogen) atoms. The van der Waals surface area contributed by atoms with Crippen LogP contribution in [0.3, 0.4) is 0 Å². The van der Waals surface area contributed by atoms with Gasteiger partial charge >= 0.3 is 24.1 Å². The standard InChI is InChI=1S/C45H55N5O17/c1-58-40(54)44(62-18-10-4-9-17-47-50-46)20-31-35(49-43(57)63-31)39(66-44)37(53)33(25-61-23-27-15-16-28-13-7-8-14-29(28)19-27)65-45(41(55)59-2)21-32-34(48-42(56)64-32)38(67-45)36(52)30(51)24-60-22-26-11-5-3-6-12-26/h3,5-8,11-16,19,30-39,51-53H,4,9-10,17-18,20-25H2,1-2H3,(H,48,56)(H,49,57)/t30-,31+,32+,33-,34-,35-,36-,37-,38-,39-,44-,45-/m1/s1. The number of fused-ring (bicyclic) bond motifs is 3. The highest BCUT2D eigenvalue weighted by molar-refractivity contribution is 5.83. The second-order valence-electron chi connectivity index (χ2n) is 16.6. The summed E-state index contributed by atoms with van der Waals surface area (Å²) in [4.78, 5) is 56.1. The molecule has 4 aliphatic heterocycles. The Morgan fingerprint density at radius 3 is 2.04 bits per heavy atom. The third kappa shape index (κ3) is 11.6. The molecule has 0 aromatic heterocycles. The lowest BCUT2D eigenvalue weighted by atomic mass is 9.88. The number of aliphatic hydroxyl groups is 3. The summed E-state index contributed by atoms with van der Waals surface area (Å²) in [6.07, 6.45) is -13.9. The first-order chi connectivity index (χ1) is 32.4. The Kier molecular flexibility index (Phi) is 16.5. The van der Waals surface area contributed by atoms with Crippen molar-refractivity contribution in [3.63, 3.8) is 0 Å². The third-order valence-corrected chi connectivity index (χ3v) is 12.0. The molecular weight excluding hydrogens is 883 g/mol. The fraction of sp³-hybridized carbons (Fsp3) is 0.556. The lowest BCUT2D eigenvalue weighted by Crippen LogP contribution is -2.68. The highest BCUT2D eigenvalue weighted by Crippen LogP contribution is 2.42. The molecule has 362 valence electrons. The van der Waals surface area contributed by atoms with Crippen LogP contribution < -0.4 is 10.6 Å². The maximum Gasteiger partial charge on any atom is 0.407 e. The van der Waals surface area contributed by atoms with Crippen molar-refractivity contribution in [1.29, 1.82) is 0 Å². The van der Waals surface area contributed by atoms with Crippen LogP contribution in [0.5, 0.6) is 0 Å². The van der Waals surface area contributed by atoms with Crippen molar-refractivity contribution >= 4 is 34.9 Å². The van der Waals surface area contributed by atoms with E-state index in [1.165, 1.54) is 0 Å². The number of unbranched alkanes of at least 4 members (excludes halogenated alkanes) is 2. The zero-order valence-electron chi connectivity index (χ0n) is 36.9. The van der Waals surface area contributed by atoms with E-state index in [-0.39, 0.29) is 32.8 Å². The highest BCUT2D eigenvalue weighted by Gasteiger charge is 2.63. The number of methoxy groups -OCH3 is 2. The number of azide groups is 1. The Hall–Kier alpha value is -5.65. The zero-order chi connectivity index (χ0) is 47.6. The van der Waals surface area contributed by atoms with Gasteiger partial charge in [0, 0.05) is 11.5 Å². The van der Waals surface area contributed by atoms with E-state index in [9.17, 15) is 34.5 Å². The number of ether oxygens (including phenoxy) is 10. The van der Waals surface area contributed by atoms with Gasteiger partial charge in [-0.15, -0.1) is 0 Å². The molecule has 0 saturated carbocycles. The summed E-state index contributed by atoms with van der Waals surface area (Å²) >= 11 is 0. The van der Waals surface area contributed by atoms with Gasteiger partial charge in [-0.25, -0.2) is 19.2 Å². The van der Waals surface area contributed by atoms with Crippen LogP contribution in [0.1, 0.15) is 43.2 Å². The van der Waals surface area contributed by atoms with E-state index < -0.39 is 116 Å². The van der Waals surface area contributed by atoms with Gasteiger partial charge in [-0.2, -0.15) is 0 Å². The number of aliphatic hydroxyl groups excluding tert-OH is 3. The van der Waals surface area contributed by atoms with Gasteiger partial charge in [0.05, 0.1) is 72.2 Å². The lowest BCUT2D eigenvalue weighted by molar-refractivity contribution is -0.343. The fourth-order valence-corrected chi connectivity index (χ4v) is 8.71. The summed E-state index contributed by atoms with van der Waals surface area (Å²) < 4.78 is 58.6. The molecule has 0 radical (unpaired) electrons. The average Bonchev–Trinajstić information content (AvgIpc) is 3.91. The Morgan fingerprint density at radius 1 is 0.761 bits per heavy atom. The molecule has 5 N–H and O–H groups in total. The predicted molar refractivity (Wildman–Crippen MR) is 229 cm³/mol. The molecule has 3 aromatic carbocycles. The molecule has 12 atom stereocenters. The first kappa shape index (κ1) is 49.3. The van der Waals surface area contributed by atoms with Gasteiger partial charge in [0.25, 0.3) is 11.6 Å². The molecular formula is C45H55N5O17. The maximum atomic E-state index is 14.1. The second kappa shape index (κ2) is 22.4. The smallest absolute Gasteiger partial charge is 0.407 e. The zero-order valence-corrected chi connectivity index (χ0v) is 36.9. The number of carbonyl (C=O) groups is 4. The molecule has 2 amide bonds. The minimum absolute atomic E-state index is 0.0431. The monoisotopic (exact) mass is 937 g/mol.